The number of hydrogen-bond acceptors (Lipinski definition) is 3. The summed E-state index contributed by atoms with van der Waals surface area (Å²) in [7, 11) is 3.63. The Hall–Kier alpha value is -0.0800. The fraction of sp³-hybridized carbons (Fsp3) is 0.947. The van der Waals surface area contributed by atoms with Gasteiger partial charge in [-0.2, -0.15) is 0 Å². The van der Waals surface area contributed by atoms with E-state index in [-0.39, 0.29) is 24.0 Å². The molecule has 0 amide bonds. The SMILES string of the molecule is CCCCC(CC)CNC(=NC)N1CCC(OCCCOC)CC1.I. The molecule has 1 fully saturated rings. The minimum Gasteiger partial charge on any atom is -0.385 e. The number of guanidine groups is 1. The number of rotatable bonds is 11. The molecule has 1 saturated heterocycles. The van der Waals surface area contributed by atoms with Crippen LogP contribution in [-0.2, 0) is 9.47 Å². The number of aliphatic imine (C=N–C) groups is 1. The lowest BCUT2D eigenvalue weighted by atomic mass is 9.99. The van der Waals surface area contributed by atoms with Gasteiger partial charge in [0.05, 0.1) is 6.10 Å². The third-order valence-corrected chi connectivity index (χ3v) is 4.89. The average Bonchev–Trinajstić information content (AvgIpc) is 2.63. The summed E-state index contributed by atoms with van der Waals surface area (Å²) < 4.78 is 11.0. The molecule has 1 heterocycles. The fourth-order valence-corrected chi connectivity index (χ4v) is 3.20. The third kappa shape index (κ3) is 10.6. The molecule has 1 rings (SSSR count). The van der Waals surface area contributed by atoms with Gasteiger partial charge in [-0.05, 0) is 31.6 Å². The zero-order valence-electron chi connectivity index (χ0n) is 16.8. The van der Waals surface area contributed by atoms with Gasteiger partial charge in [-0.25, -0.2) is 0 Å². The van der Waals surface area contributed by atoms with Crippen LogP contribution in [0.3, 0.4) is 0 Å². The zero-order valence-corrected chi connectivity index (χ0v) is 19.1. The summed E-state index contributed by atoms with van der Waals surface area (Å²) in [6.45, 7) is 9.24. The zero-order chi connectivity index (χ0) is 17.6. The van der Waals surface area contributed by atoms with Crippen LogP contribution in [0.1, 0.15) is 58.8 Å². The van der Waals surface area contributed by atoms with E-state index in [0.717, 1.165) is 64.0 Å². The van der Waals surface area contributed by atoms with Crippen molar-refractivity contribution in [3.8, 4) is 0 Å². The monoisotopic (exact) mass is 469 g/mol. The summed E-state index contributed by atoms with van der Waals surface area (Å²) in [5.74, 6) is 1.81. The number of likely N-dealkylation sites (tertiary alicyclic amines) is 1. The Kier molecular flexibility index (Phi) is 16.1. The van der Waals surface area contributed by atoms with Crippen molar-refractivity contribution in [2.45, 2.75) is 64.9 Å². The van der Waals surface area contributed by atoms with Gasteiger partial charge in [0.15, 0.2) is 5.96 Å². The lowest BCUT2D eigenvalue weighted by Gasteiger charge is -2.34. The average molecular weight is 469 g/mol. The Morgan fingerprint density at radius 2 is 1.92 bits per heavy atom. The topological polar surface area (TPSA) is 46.1 Å². The van der Waals surface area contributed by atoms with Gasteiger partial charge in [-0.15, -0.1) is 24.0 Å². The number of nitrogens with one attached hydrogen (secondary N) is 1. The number of piperidine rings is 1. The molecular formula is C19H40IN3O2. The third-order valence-electron chi connectivity index (χ3n) is 4.89. The van der Waals surface area contributed by atoms with Gasteiger partial charge in [0.1, 0.15) is 0 Å². The Labute approximate surface area is 172 Å². The molecule has 1 N–H and O–H groups in total. The molecule has 1 atom stereocenters. The number of unbranched alkanes of at least 4 members (excludes halogenated alkanes) is 1. The molecule has 0 aromatic carbocycles. The summed E-state index contributed by atoms with van der Waals surface area (Å²) in [6, 6.07) is 0. The maximum atomic E-state index is 5.94. The molecule has 1 unspecified atom stereocenters. The Morgan fingerprint density at radius 3 is 2.48 bits per heavy atom. The van der Waals surface area contributed by atoms with Crippen molar-refractivity contribution in [1.82, 2.24) is 10.2 Å². The largest absolute Gasteiger partial charge is 0.385 e. The highest BCUT2D eigenvalue weighted by molar-refractivity contribution is 14.0. The molecule has 0 aliphatic carbocycles. The van der Waals surface area contributed by atoms with E-state index in [1.54, 1.807) is 7.11 Å². The minimum atomic E-state index is 0. The molecule has 1 aliphatic heterocycles. The molecule has 0 bridgehead atoms. The first-order chi connectivity index (χ1) is 11.7. The van der Waals surface area contributed by atoms with Crippen molar-refractivity contribution >= 4 is 29.9 Å². The summed E-state index contributed by atoms with van der Waals surface area (Å²) in [5.41, 5.74) is 0. The molecule has 0 spiro atoms. The molecule has 5 nitrogen and oxygen atoms in total. The number of methoxy groups -OCH3 is 1. The molecular weight excluding hydrogens is 429 g/mol. The van der Waals surface area contributed by atoms with Gasteiger partial charge in [0.25, 0.3) is 0 Å². The van der Waals surface area contributed by atoms with Crippen LogP contribution in [0.4, 0.5) is 0 Å². The van der Waals surface area contributed by atoms with Crippen molar-refractivity contribution < 1.29 is 9.47 Å². The predicted octanol–water partition coefficient (Wildman–Crippen LogP) is 3.91. The summed E-state index contributed by atoms with van der Waals surface area (Å²) >= 11 is 0. The molecule has 150 valence electrons. The van der Waals surface area contributed by atoms with E-state index in [1.165, 1.54) is 25.7 Å². The second kappa shape index (κ2) is 16.1. The van der Waals surface area contributed by atoms with E-state index in [9.17, 15) is 0 Å². The van der Waals surface area contributed by atoms with Crippen molar-refractivity contribution in [2.24, 2.45) is 10.9 Å². The minimum absolute atomic E-state index is 0. The molecule has 1 aliphatic rings. The fourth-order valence-electron chi connectivity index (χ4n) is 3.20. The van der Waals surface area contributed by atoms with Crippen molar-refractivity contribution in [2.75, 3.05) is 47.0 Å². The van der Waals surface area contributed by atoms with E-state index < -0.39 is 0 Å². The van der Waals surface area contributed by atoms with Gasteiger partial charge in [0.2, 0.25) is 0 Å². The Balaban J connectivity index is 0.00000576. The maximum Gasteiger partial charge on any atom is 0.193 e. The van der Waals surface area contributed by atoms with Crippen molar-refractivity contribution in [3.63, 3.8) is 0 Å². The van der Waals surface area contributed by atoms with Crippen LogP contribution < -0.4 is 5.32 Å². The Bertz CT molecular complexity index is 335. The highest BCUT2D eigenvalue weighted by Gasteiger charge is 2.22. The van der Waals surface area contributed by atoms with Crippen LogP contribution in [0.15, 0.2) is 4.99 Å². The highest BCUT2D eigenvalue weighted by atomic mass is 127. The quantitative estimate of drug-likeness (QED) is 0.216. The van der Waals surface area contributed by atoms with Gasteiger partial charge >= 0.3 is 0 Å². The second-order valence-electron chi connectivity index (χ2n) is 6.75. The first-order valence-corrected chi connectivity index (χ1v) is 9.81. The van der Waals surface area contributed by atoms with Gasteiger partial charge in [-0.3, -0.25) is 4.99 Å². The van der Waals surface area contributed by atoms with Crippen molar-refractivity contribution in [3.05, 3.63) is 0 Å². The lowest BCUT2D eigenvalue weighted by molar-refractivity contribution is 0.00988. The van der Waals surface area contributed by atoms with Crippen LogP contribution in [0.2, 0.25) is 0 Å². The summed E-state index contributed by atoms with van der Waals surface area (Å²) in [6.07, 6.45) is 8.70. The van der Waals surface area contributed by atoms with E-state index in [4.69, 9.17) is 9.47 Å². The van der Waals surface area contributed by atoms with E-state index >= 15 is 0 Å². The molecule has 6 heteroatoms. The van der Waals surface area contributed by atoms with Gasteiger partial charge in [-0.1, -0.05) is 33.1 Å². The van der Waals surface area contributed by atoms with E-state index in [0.29, 0.717) is 6.10 Å². The standard InChI is InChI=1S/C19H39N3O2.HI/c1-5-7-9-17(6-2)16-21-19(20-3)22-12-10-18(11-13-22)24-15-8-14-23-4;/h17-18H,5-16H2,1-4H3,(H,20,21);1H. The highest BCUT2D eigenvalue weighted by Crippen LogP contribution is 2.15. The van der Waals surface area contributed by atoms with Crippen LogP contribution in [0.5, 0.6) is 0 Å². The normalized spacial score (nSPS) is 17.3. The molecule has 0 saturated carbocycles. The predicted molar refractivity (Wildman–Crippen MR) is 117 cm³/mol. The molecule has 0 aromatic heterocycles. The van der Waals surface area contributed by atoms with Crippen LogP contribution in [0, 0.1) is 5.92 Å². The first-order valence-electron chi connectivity index (χ1n) is 9.81. The Morgan fingerprint density at radius 1 is 1.20 bits per heavy atom. The smallest absolute Gasteiger partial charge is 0.193 e. The molecule has 0 radical (unpaired) electrons. The number of halogens is 1. The summed E-state index contributed by atoms with van der Waals surface area (Å²) in [5, 5.41) is 3.59. The van der Waals surface area contributed by atoms with Crippen LogP contribution in [-0.4, -0.2) is 64.0 Å². The number of ether oxygens (including phenoxy) is 2. The number of nitrogens with zero attached hydrogens (tertiary/aromatic N) is 2. The van der Waals surface area contributed by atoms with Gasteiger partial charge in [0, 0.05) is 47.0 Å². The van der Waals surface area contributed by atoms with Crippen LogP contribution >= 0.6 is 24.0 Å². The van der Waals surface area contributed by atoms with Crippen molar-refractivity contribution in [1.29, 1.82) is 0 Å². The van der Waals surface area contributed by atoms with E-state index in [2.05, 4.69) is 29.1 Å². The maximum absolute atomic E-state index is 5.94. The first kappa shape index (κ1) is 24.9. The second-order valence-corrected chi connectivity index (χ2v) is 6.75. The lowest BCUT2D eigenvalue weighted by Crippen LogP contribution is -2.48. The molecule has 0 aromatic rings. The molecule has 25 heavy (non-hydrogen) atoms. The van der Waals surface area contributed by atoms with Crippen LogP contribution in [0.25, 0.3) is 0 Å². The van der Waals surface area contributed by atoms with E-state index in [1.807, 2.05) is 7.05 Å². The van der Waals surface area contributed by atoms with Gasteiger partial charge < -0.3 is 19.7 Å². The number of hydrogen-bond donors (Lipinski definition) is 1. The summed E-state index contributed by atoms with van der Waals surface area (Å²) in [4.78, 5) is 6.86.